The molecule has 0 spiro atoms. The van der Waals surface area contributed by atoms with E-state index in [4.69, 9.17) is 0 Å². The molecule has 2 heteroatoms. The van der Waals surface area contributed by atoms with Crippen LogP contribution in [-0.4, -0.2) is 16.3 Å². The molecule has 14 heavy (non-hydrogen) atoms. The van der Waals surface area contributed by atoms with Gasteiger partial charge < -0.3 is 5.21 Å². The fourth-order valence-corrected chi connectivity index (χ4v) is 2.10. The van der Waals surface area contributed by atoms with Gasteiger partial charge in [-0.2, -0.15) is 5.06 Å². The Bertz CT molecular complexity index is 267. The Labute approximate surface area is 85.1 Å². The maximum absolute atomic E-state index is 9.84. The Morgan fingerprint density at radius 1 is 1.14 bits per heavy atom. The van der Waals surface area contributed by atoms with Gasteiger partial charge in [-0.25, -0.2) is 0 Å². The molecule has 0 bridgehead atoms. The van der Waals surface area contributed by atoms with Gasteiger partial charge in [0.15, 0.2) is 0 Å². The molecule has 1 aromatic carbocycles. The Kier molecular flexibility index (Phi) is 3.17. The summed E-state index contributed by atoms with van der Waals surface area (Å²) >= 11 is 0. The van der Waals surface area contributed by atoms with Crippen LogP contribution in [-0.2, 0) is 6.54 Å². The summed E-state index contributed by atoms with van der Waals surface area (Å²) in [4.78, 5) is 0. The third kappa shape index (κ3) is 2.34. The predicted molar refractivity (Wildman–Crippen MR) is 56.0 cm³/mol. The quantitative estimate of drug-likeness (QED) is 0.743. The average Bonchev–Trinajstić information content (AvgIpc) is 2.72. The highest BCUT2D eigenvalue weighted by Crippen LogP contribution is 2.23. The molecule has 2 nitrogen and oxygen atoms in total. The minimum atomic E-state index is 0.384. The SMILES string of the molecule is ON(Cc1ccccc1)C1CCCC1. The van der Waals surface area contributed by atoms with Gasteiger partial charge in [0.25, 0.3) is 0 Å². The fraction of sp³-hybridized carbons (Fsp3) is 0.500. The second-order valence-corrected chi connectivity index (χ2v) is 4.02. The van der Waals surface area contributed by atoms with E-state index in [9.17, 15) is 5.21 Å². The highest BCUT2D eigenvalue weighted by molar-refractivity contribution is 5.14. The monoisotopic (exact) mass is 191 g/mol. The lowest BCUT2D eigenvalue weighted by Gasteiger charge is -2.21. The minimum absolute atomic E-state index is 0.384. The smallest absolute Gasteiger partial charge is 0.0491 e. The average molecular weight is 191 g/mol. The van der Waals surface area contributed by atoms with Crippen LogP contribution in [0.4, 0.5) is 0 Å². The van der Waals surface area contributed by atoms with Crippen molar-refractivity contribution in [2.45, 2.75) is 38.3 Å². The van der Waals surface area contributed by atoms with E-state index in [0.717, 1.165) is 12.8 Å². The molecule has 1 fully saturated rings. The molecule has 1 aromatic rings. The molecule has 1 N–H and O–H groups in total. The first-order chi connectivity index (χ1) is 6.86. The molecule has 0 saturated heterocycles. The second kappa shape index (κ2) is 4.58. The molecule has 76 valence electrons. The standard InChI is InChI=1S/C12H17NO/c14-13(12-8-4-5-9-12)10-11-6-2-1-3-7-11/h1-3,6-7,12,14H,4-5,8-10H2. The third-order valence-electron chi connectivity index (χ3n) is 2.93. The van der Waals surface area contributed by atoms with E-state index in [1.165, 1.54) is 23.5 Å². The molecule has 0 aromatic heterocycles. The number of nitrogens with zero attached hydrogens (tertiary/aromatic N) is 1. The van der Waals surface area contributed by atoms with Crippen molar-refractivity contribution in [1.82, 2.24) is 5.06 Å². The van der Waals surface area contributed by atoms with E-state index >= 15 is 0 Å². The van der Waals surface area contributed by atoms with E-state index in [0.29, 0.717) is 12.6 Å². The molecule has 1 aliphatic rings. The zero-order valence-electron chi connectivity index (χ0n) is 8.39. The highest BCUT2D eigenvalue weighted by Gasteiger charge is 2.20. The van der Waals surface area contributed by atoms with Crippen LogP contribution in [0.15, 0.2) is 30.3 Å². The Balaban J connectivity index is 1.90. The second-order valence-electron chi connectivity index (χ2n) is 4.02. The van der Waals surface area contributed by atoms with Crippen molar-refractivity contribution in [1.29, 1.82) is 0 Å². The van der Waals surface area contributed by atoms with Crippen molar-refractivity contribution in [3.8, 4) is 0 Å². The summed E-state index contributed by atoms with van der Waals surface area (Å²) in [5, 5.41) is 11.3. The first-order valence-corrected chi connectivity index (χ1v) is 5.36. The maximum Gasteiger partial charge on any atom is 0.0491 e. The van der Waals surface area contributed by atoms with Crippen LogP contribution < -0.4 is 0 Å². The molecule has 2 rings (SSSR count). The van der Waals surface area contributed by atoms with Gasteiger partial charge >= 0.3 is 0 Å². The number of benzene rings is 1. The van der Waals surface area contributed by atoms with Crippen LogP contribution in [0.25, 0.3) is 0 Å². The van der Waals surface area contributed by atoms with Crippen LogP contribution in [0.1, 0.15) is 31.2 Å². The first kappa shape index (κ1) is 9.69. The van der Waals surface area contributed by atoms with Gasteiger partial charge in [-0.05, 0) is 18.4 Å². The van der Waals surface area contributed by atoms with Crippen molar-refractivity contribution in [2.75, 3.05) is 0 Å². The summed E-state index contributed by atoms with van der Waals surface area (Å²) in [7, 11) is 0. The normalized spacial score (nSPS) is 17.9. The van der Waals surface area contributed by atoms with Gasteiger partial charge in [0.2, 0.25) is 0 Å². The van der Waals surface area contributed by atoms with Gasteiger partial charge in [0, 0.05) is 12.6 Å². The molecule has 0 atom stereocenters. The van der Waals surface area contributed by atoms with Crippen LogP contribution in [0.5, 0.6) is 0 Å². The molecule has 0 radical (unpaired) electrons. The van der Waals surface area contributed by atoms with Gasteiger partial charge in [0.1, 0.15) is 0 Å². The summed E-state index contributed by atoms with van der Waals surface area (Å²) in [5.41, 5.74) is 1.18. The zero-order valence-corrected chi connectivity index (χ0v) is 8.39. The van der Waals surface area contributed by atoms with E-state index in [1.807, 2.05) is 18.2 Å². The highest BCUT2D eigenvalue weighted by atomic mass is 16.5. The van der Waals surface area contributed by atoms with E-state index < -0.39 is 0 Å². The van der Waals surface area contributed by atoms with Crippen molar-refractivity contribution in [2.24, 2.45) is 0 Å². The van der Waals surface area contributed by atoms with Gasteiger partial charge in [-0.3, -0.25) is 0 Å². The minimum Gasteiger partial charge on any atom is -0.313 e. The van der Waals surface area contributed by atoms with Gasteiger partial charge in [-0.1, -0.05) is 43.2 Å². The number of hydrogen-bond donors (Lipinski definition) is 1. The van der Waals surface area contributed by atoms with Crippen LogP contribution in [0.2, 0.25) is 0 Å². The maximum atomic E-state index is 9.84. The van der Waals surface area contributed by atoms with Crippen LogP contribution in [0.3, 0.4) is 0 Å². The zero-order chi connectivity index (χ0) is 9.80. The summed E-state index contributed by atoms with van der Waals surface area (Å²) in [5.74, 6) is 0. The molecule has 0 unspecified atom stereocenters. The van der Waals surface area contributed by atoms with Crippen LogP contribution >= 0.6 is 0 Å². The Morgan fingerprint density at radius 2 is 1.79 bits per heavy atom. The summed E-state index contributed by atoms with van der Waals surface area (Å²) < 4.78 is 0. The van der Waals surface area contributed by atoms with E-state index in [2.05, 4.69) is 12.1 Å². The number of hydrogen-bond acceptors (Lipinski definition) is 2. The topological polar surface area (TPSA) is 23.5 Å². The Morgan fingerprint density at radius 3 is 2.43 bits per heavy atom. The lowest BCUT2D eigenvalue weighted by molar-refractivity contribution is -0.133. The summed E-state index contributed by atoms with van der Waals surface area (Å²) in [6.45, 7) is 0.658. The fourth-order valence-electron chi connectivity index (χ4n) is 2.10. The van der Waals surface area contributed by atoms with Crippen molar-refractivity contribution < 1.29 is 5.21 Å². The summed E-state index contributed by atoms with van der Waals surface area (Å²) in [6.07, 6.45) is 4.81. The molecule has 0 amide bonds. The number of hydroxylamine groups is 2. The van der Waals surface area contributed by atoms with Crippen LogP contribution in [0, 0.1) is 0 Å². The largest absolute Gasteiger partial charge is 0.313 e. The Hall–Kier alpha value is -0.860. The summed E-state index contributed by atoms with van der Waals surface area (Å²) in [6, 6.07) is 10.5. The lowest BCUT2D eigenvalue weighted by Crippen LogP contribution is -2.29. The van der Waals surface area contributed by atoms with Crippen molar-refractivity contribution >= 4 is 0 Å². The van der Waals surface area contributed by atoms with E-state index in [1.54, 1.807) is 0 Å². The molecule has 0 heterocycles. The number of rotatable bonds is 3. The predicted octanol–water partition coefficient (Wildman–Crippen LogP) is 2.82. The molecule has 0 aliphatic heterocycles. The molecular weight excluding hydrogens is 174 g/mol. The van der Waals surface area contributed by atoms with Crippen molar-refractivity contribution in [3.63, 3.8) is 0 Å². The lowest BCUT2D eigenvalue weighted by atomic mass is 10.2. The van der Waals surface area contributed by atoms with Crippen molar-refractivity contribution in [3.05, 3.63) is 35.9 Å². The molecule has 1 saturated carbocycles. The van der Waals surface area contributed by atoms with E-state index in [-0.39, 0.29) is 0 Å². The third-order valence-corrected chi connectivity index (χ3v) is 2.93. The van der Waals surface area contributed by atoms with Gasteiger partial charge in [-0.15, -0.1) is 0 Å². The molecule has 1 aliphatic carbocycles. The molecular formula is C12H17NO. The van der Waals surface area contributed by atoms with Gasteiger partial charge in [0.05, 0.1) is 0 Å². The first-order valence-electron chi connectivity index (χ1n) is 5.36.